The molecule has 0 aliphatic rings. The molecule has 0 radical (unpaired) electrons. The molecule has 0 amide bonds. The molecule has 0 spiro atoms. The molecule has 0 bridgehead atoms. The van der Waals surface area contributed by atoms with Gasteiger partial charge in [0.1, 0.15) is 0 Å². The molecule has 1 nitrogen and oxygen atoms in total. The van der Waals surface area contributed by atoms with E-state index in [1.54, 1.807) is 0 Å². The molecule has 74 valence electrons. The Bertz CT molecular complexity index is 252. The molecule has 1 N–H and O–H groups in total. The summed E-state index contributed by atoms with van der Waals surface area (Å²) in [5, 5.41) is 10.3. The number of aliphatic hydroxyl groups is 1. The standard InChI is InChI=1S/C10H13ClO.H2S/c1-2-4-10(12)8-5-3-6-9(11)7-8;/h3,5-7,10,12H,2,4H2,1H3;1H2/t10-;/m0./s1. The summed E-state index contributed by atoms with van der Waals surface area (Å²) in [6.07, 6.45) is 1.40. The van der Waals surface area contributed by atoms with E-state index in [9.17, 15) is 5.11 Å². The Labute approximate surface area is 91.2 Å². The van der Waals surface area contributed by atoms with Gasteiger partial charge < -0.3 is 5.11 Å². The highest BCUT2D eigenvalue weighted by molar-refractivity contribution is 7.59. The fourth-order valence-corrected chi connectivity index (χ4v) is 1.35. The van der Waals surface area contributed by atoms with Crippen LogP contribution in [0.2, 0.25) is 5.02 Å². The van der Waals surface area contributed by atoms with E-state index in [1.807, 2.05) is 31.2 Å². The smallest absolute Gasteiger partial charge is 0.0790 e. The Morgan fingerprint density at radius 3 is 2.69 bits per heavy atom. The second-order valence-electron chi connectivity index (χ2n) is 2.86. The van der Waals surface area contributed by atoms with Gasteiger partial charge in [-0.3, -0.25) is 0 Å². The van der Waals surface area contributed by atoms with Gasteiger partial charge in [0.2, 0.25) is 0 Å². The summed E-state index contributed by atoms with van der Waals surface area (Å²) in [6.45, 7) is 2.05. The van der Waals surface area contributed by atoms with Gasteiger partial charge in [-0.25, -0.2) is 0 Å². The van der Waals surface area contributed by atoms with Crippen LogP contribution in [0, 0.1) is 0 Å². The third-order valence-corrected chi connectivity index (χ3v) is 2.03. The van der Waals surface area contributed by atoms with Crippen molar-refractivity contribution in [3.05, 3.63) is 34.9 Å². The minimum atomic E-state index is -0.367. The van der Waals surface area contributed by atoms with Gasteiger partial charge in [-0.15, -0.1) is 0 Å². The zero-order chi connectivity index (χ0) is 8.97. The Hall–Kier alpha value is -0.180. The molecule has 0 saturated heterocycles. The van der Waals surface area contributed by atoms with Crippen molar-refractivity contribution in [2.24, 2.45) is 0 Å². The molecule has 0 unspecified atom stereocenters. The van der Waals surface area contributed by atoms with Crippen molar-refractivity contribution in [1.82, 2.24) is 0 Å². The highest BCUT2D eigenvalue weighted by atomic mass is 35.5. The van der Waals surface area contributed by atoms with Gasteiger partial charge in [-0.1, -0.05) is 37.1 Å². The maximum Gasteiger partial charge on any atom is 0.0790 e. The van der Waals surface area contributed by atoms with Crippen molar-refractivity contribution in [1.29, 1.82) is 0 Å². The van der Waals surface area contributed by atoms with Gasteiger partial charge in [0, 0.05) is 5.02 Å². The van der Waals surface area contributed by atoms with E-state index >= 15 is 0 Å². The molecule has 13 heavy (non-hydrogen) atoms. The van der Waals surface area contributed by atoms with E-state index in [0.717, 1.165) is 18.4 Å². The van der Waals surface area contributed by atoms with Crippen LogP contribution >= 0.6 is 25.1 Å². The number of halogens is 1. The molecule has 0 aliphatic heterocycles. The fourth-order valence-electron chi connectivity index (χ4n) is 1.15. The van der Waals surface area contributed by atoms with Gasteiger partial charge in [0.05, 0.1) is 6.10 Å². The minimum Gasteiger partial charge on any atom is -0.388 e. The molecule has 0 saturated carbocycles. The van der Waals surface area contributed by atoms with E-state index in [0.29, 0.717) is 5.02 Å². The van der Waals surface area contributed by atoms with E-state index in [2.05, 4.69) is 0 Å². The quantitative estimate of drug-likeness (QED) is 0.826. The van der Waals surface area contributed by atoms with Crippen LogP contribution in [0.25, 0.3) is 0 Å². The molecule has 1 rings (SSSR count). The van der Waals surface area contributed by atoms with Crippen LogP contribution < -0.4 is 0 Å². The summed E-state index contributed by atoms with van der Waals surface area (Å²) >= 11 is 5.78. The summed E-state index contributed by atoms with van der Waals surface area (Å²) in [5.74, 6) is 0. The maximum atomic E-state index is 9.59. The van der Waals surface area contributed by atoms with Crippen molar-refractivity contribution >= 4 is 25.1 Å². The largest absolute Gasteiger partial charge is 0.388 e. The SMILES string of the molecule is CCC[C@H](O)c1cccc(Cl)c1.S. The average Bonchev–Trinajstić information content (AvgIpc) is 2.05. The van der Waals surface area contributed by atoms with Crippen LogP contribution in [0.4, 0.5) is 0 Å². The summed E-state index contributed by atoms with van der Waals surface area (Å²) < 4.78 is 0. The minimum absolute atomic E-state index is 0. The molecule has 0 aromatic heterocycles. The second kappa shape index (κ2) is 6.30. The monoisotopic (exact) mass is 218 g/mol. The summed E-state index contributed by atoms with van der Waals surface area (Å²) in [7, 11) is 0. The lowest BCUT2D eigenvalue weighted by Gasteiger charge is -2.08. The zero-order valence-corrected chi connectivity index (χ0v) is 9.38. The van der Waals surface area contributed by atoms with E-state index in [1.165, 1.54) is 0 Å². The Morgan fingerprint density at radius 2 is 2.15 bits per heavy atom. The number of hydrogen-bond acceptors (Lipinski definition) is 1. The van der Waals surface area contributed by atoms with E-state index < -0.39 is 0 Å². The highest BCUT2D eigenvalue weighted by Crippen LogP contribution is 2.20. The highest BCUT2D eigenvalue weighted by Gasteiger charge is 2.05. The topological polar surface area (TPSA) is 20.2 Å². The summed E-state index contributed by atoms with van der Waals surface area (Å²) in [4.78, 5) is 0. The van der Waals surface area contributed by atoms with Gasteiger partial charge in [-0.2, -0.15) is 13.5 Å². The van der Waals surface area contributed by atoms with Crippen LogP contribution in [0.1, 0.15) is 31.4 Å². The molecule has 0 fully saturated rings. The normalized spacial score (nSPS) is 11.9. The van der Waals surface area contributed by atoms with Crippen LogP contribution in [0.15, 0.2) is 24.3 Å². The van der Waals surface area contributed by atoms with Crippen LogP contribution in [0.5, 0.6) is 0 Å². The third kappa shape index (κ3) is 4.03. The second-order valence-corrected chi connectivity index (χ2v) is 3.30. The maximum absolute atomic E-state index is 9.59. The molecular formula is C10H15ClOS. The van der Waals surface area contributed by atoms with Gasteiger partial charge in [0.15, 0.2) is 0 Å². The van der Waals surface area contributed by atoms with Crippen molar-refractivity contribution < 1.29 is 5.11 Å². The van der Waals surface area contributed by atoms with Crippen molar-refractivity contribution in [2.75, 3.05) is 0 Å². The molecule has 0 heterocycles. The lowest BCUT2D eigenvalue weighted by Crippen LogP contribution is -1.95. The molecular weight excluding hydrogens is 204 g/mol. The first-order valence-electron chi connectivity index (χ1n) is 4.17. The van der Waals surface area contributed by atoms with Crippen molar-refractivity contribution in [3.8, 4) is 0 Å². The predicted molar refractivity (Wildman–Crippen MR) is 61.7 cm³/mol. The first-order valence-corrected chi connectivity index (χ1v) is 4.55. The predicted octanol–water partition coefficient (Wildman–Crippen LogP) is 3.29. The number of benzene rings is 1. The van der Waals surface area contributed by atoms with Gasteiger partial charge in [-0.05, 0) is 24.1 Å². The van der Waals surface area contributed by atoms with Crippen LogP contribution in [0.3, 0.4) is 0 Å². The van der Waals surface area contributed by atoms with Gasteiger partial charge in [0.25, 0.3) is 0 Å². The first kappa shape index (κ1) is 12.8. The van der Waals surface area contributed by atoms with E-state index in [4.69, 9.17) is 11.6 Å². The lowest BCUT2D eigenvalue weighted by molar-refractivity contribution is 0.166. The number of aliphatic hydroxyl groups excluding tert-OH is 1. The fraction of sp³-hybridized carbons (Fsp3) is 0.400. The van der Waals surface area contributed by atoms with Crippen molar-refractivity contribution in [3.63, 3.8) is 0 Å². The molecule has 0 aliphatic carbocycles. The van der Waals surface area contributed by atoms with Crippen LogP contribution in [-0.2, 0) is 0 Å². The zero-order valence-electron chi connectivity index (χ0n) is 7.63. The Kier molecular flexibility index (Phi) is 6.21. The molecule has 1 atom stereocenters. The Balaban J connectivity index is 0.00000144. The summed E-state index contributed by atoms with van der Waals surface area (Å²) in [6, 6.07) is 7.37. The first-order chi connectivity index (χ1) is 5.74. The number of rotatable bonds is 3. The Morgan fingerprint density at radius 1 is 1.46 bits per heavy atom. The third-order valence-electron chi connectivity index (χ3n) is 1.80. The van der Waals surface area contributed by atoms with E-state index in [-0.39, 0.29) is 19.6 Å². The molecule has 1 aromatic rings. The summed E-state index contributed by atoms with van der Waals surface area (Å²) in [5.41, 5.74) is 0.907. The van der Waals surface area contributed by atoms with Crippen molar-refractivity contribution in [2.45, 2.75) is 25.9 Å². The molecule has 1 aromatic carbocycles. The molecule has 3 heteroatoms. The average molecular weight is 219 g/mol. The lowest BCUT2D eigenvalue weighted by atomic mass is 10.1. The van der Waals surface area contributed by atoms with Gasteiger partial charge >= 0.3 is 0 Å². The number of hydrogen-bond donors (Lipinski definition) is 1. The van der Waals surface area contributed by atoms with Crippen LogP contribution in [-0.4, -0.2) is 5.11 Å².